The molecule has 0 unspecified atom stereocenters. The van der Waals surface area contributed by atoms with Crippen LogP contribution < -0.4 is 10.1 Å². The van der Waals surface area contributed by atoms with Crippen LogP contribution in [0.3, 0.4) is 0 Å². The largest absolute Gasteiger partial charge is 0.492 e. The topological polar surface area (TPSA) is 60.2 Å². The second kappa shape index (κ2) is 5.48. The molecule has 1 heterocycles. The minimum Gasteiger partial charge on any atom is -0.492 e. The lowest BCUT2D eigenvalue weighted by Gasteiger charge is -2.10. The van der Waals surface area contributed by atoms with Crippen molar-refractivity contribution in [2.45, 2.75) is 20.4 Å². The number of hydrogen-bond donors (Lipinski definition) is 1. The fourth-order valence-electron chi connectivity index (χ4n) is 1.50. The van der Waals surface area contributed by atoms with Crippen LogP contribution in [-0.4, -0.2) is 16.7 Å². The Bertz CT molecular complexity index is 528. The molecular formula is C12H14FN3O2. The van der Waals surface area contributed by atoms with Crippen LogP contribution in [-0.2, 0) is 6.54 Å². The maximum atomic E-state index is 13.1. The summed E-state index contributed by atoms with van der Waals surface area (Å²) in [5, 5.41) is 6.75. The van der Waals surface area contributed by atoms with Gasteiger partial charge in [0.15, 0.2) is 5.82 Å². The zero-order chi connectivity index (χ0) is 13.0. The van der Waals surface area contributed by atoms with Gasteiger partial charge >= 0.3 is 0 Å². The van der Waals surface area contributed by atoms with Gasteiger partial charge in [0.2, 0.25) is 5.89 Å². The highest BCUT2D eigenvalue weighted by atomic mass is 19.1. The Morgan fingerprint density at radius 2 is 2.28 bits per heavy atom. The van der Waals surface area contributed by atoms with Crippen molar-refractivity contribution in [2.75, 3.05) is 11.9 Å². The molecule has 0 fully saturated rings. The highest BCUT2D eigenvalue weighted by Gasteiger charge is 2.07. The molecular weight excluding hydrogens is 237 g/mol. The van der Waals surface area contributed by atoms with Crippen molar-refractivity contribution >= 4 is 5.69 Å². The maximum Gasteiger partial charge on any atom is 0.245 e. The molecule has 5 nitrogen and oxygen atoms in total. The number of benzene rings is 1. The molecule has 1 N–H and O–H groups in total. The van der Waals surface area contributed by atoms with E-state index in [4.69, 9.17) is 9.26 Å². The number of nitrogens with zero attached hydrogens (tertiary/aromatic N) is 2. The van der Waals surface area contributed by atoms with E-state index in [0.29, 0.717) is 36.3 Å². The summed E-state index contributed by atoms with van der Waals surface area (Å²) < 4.78 is 23.4. The van der Waals surface area contributed by atoms with E-state index >= 15 is 0 Å². The highest BCUT2D eigenvalue weighted by Crippen LogP contribution is 2.25. The molecule has 0 saturated carbocycles. The summed E-state index contributed by atoms with van der Waals surface area (Å²) in [5.41, 5.74) is 0.689. The molecule has 0 aliphatic heterocycles. The molecule has 96 valence electrons. The van der Waals surface area contributed by atoms with E-state index in [2.05, 4.69) is 15.5 Å². The van der Waals surface area contributed by atoms with Crippen LogP contribution in [0.5, 0.6) is 5.75 Å². The number of hydrogen-bond acceptors (Lipinski definition) is 5. The van der Waals surface area contributed by atoms with Crippen LogP contribution in [0, 0.1) is 12.7 Å². The Labute approximate surface area is 104 Å². The average Bonchev–Trinajstić information content (AvgIpc) is 2.75. The van der Waals surface area contributed by atoms with E-state index in [1.54, 1.807) is 13.0 Å². The van der Waals surface area contributed by atoms with Crippen molar-refractivity contribution < 1.29 is 13.7 Å². The van der Waals surface area contributed by atoms with Crippen LogP contribution in [0.2, 0.25) is 0 Å². The normalized spacial score (nSPS) is 10.4. The van der Waals surface area contributed by atoms with E-state index in [-0.39, 0.29) is 5.82 Å². The SMILES string of the molecule is CCOc1cc(F)ccc1NCc1nc(C)no1. The molecule has 0 atom stereocenters. The van der Waals surface area contributed by atoms with E-state index in [1.807, 2.05) is 6.92 Å². The lowest BCUT2D eigenvalue weighted by molar-refractivity contribution is 0.339. The van der Waals surface area contributed by atoms with Gasteiger partial charge in [0, 0.05) is 6.07 Å². The van der Waals surface area contributed by atoms with Gasteiger partial charge in [-0.15, -0.1) is 0 Å². The van der Waals surface area contributed by atoms with Gasteiger partial charge in [-0.05, 0) is 26.0 Å². The van der Waals surface area contributed by atoms with Gasteiger partial charge in [-0.2, -0.15) is 4.98 Å². The fraction of sp³-hybridized carbons (Fsp3) is 0.333. The smallest absolute Gasteiger partial charge is 0.245 e. The van der Waals surface area contributed by atoms with Gasteiger partial charge in [-0.1, -0.05) is 5.16 Å². The van der Waals surface area contributed by atoms with Crippen LogP contribution in [0.4, 0.5) is 10.1 Å². The standard InChI is InChI=1S/C12H14FN3O2/c1-3-17-11-6-9(13)4-5-10(11)14-7-12-15-8(2)16-18-12/h4-6,14H,3,7H2,1-2H3. The van der Waals surface area contributed by atoms with E-state index in [1.165, 1.54) is 12.1 Å². The molecule has 2 aromatic rings. The van der Waals surface area contributed by atoms with Crippen molar-refractivity contribution in [3.05, 3.63) is 35.7 Å². The van der Waals surface area contributed by atoms with Crippen LogP contribution in [0.25, 0.3) is 0 Å². The first kappa shape index (κ1) is 12.3. The molecule has 0 radical (unpaired) electrons. The lowest BCUT2D eigenvalue weighted by Crippen LogP contribution is -2.03. The number of aryl methyl sites for hydroxylation is 1. The molecule has 0 saturated heterocycles. The van der Waals surface area contributed by atoms with E-state index in [9.17, 15) is 4.39 Å². The molecule has 0 spiro atoms. The highest BCUT2D eigenvalue weighted by molar-refractivity contribution is 5.56. The predicted octanol–water partition coefficient (Wildman–Crippen LogP) is 2.53. The number of nitrogens with one attached hydrogen (secondary N) is 1. The first-order valence-electron chi connectivity index (χ1n) is 5.64. The molecule has 0 aliphatic rings. The summed E-state index contributed by atoms with van der Waals surface area (Å²) in [7, 11) is 0. The molecule has 18 heavy (non-hydrogen) atoms. The van der Waals surface area contributed by atoms with Crippen LogP contribution in [0.15, 0.2) is 22.7 Å². The lowest BCUT2D eigenvalue weighted by atomic mass is 10.3. The zero-order valence-corrected chi connectivity index (χ0v) is 10.2. The fourth-order valence-corrected chi connectivity index (χ4v) is 1.50. The summed E-state index contributed by atoms with van der Waals surface area (Å²) in [6.45, 7) is 4.43. The number of rotatable bonds is 5. The quantitative estimate of drug-likeness (QED) is 0.884. The summed E-state index contributed by atoms with van der Waals surface area (Å²) >= 11 is 0. The number of halogens is 1. The second-order valence-electron chi connectivity index (χ2n) is 3.66. The predicted molar refractivity (Wildman–Crippen MR) is 63.9 cm³/mol. The van der Waals surface area contributed by atoms with Gasteiger partial charge in [0.05, 0.1) is 18.8 Å². The Balaban J connectivity index is 2.08. The maximum absolute atomic E-state index is 13.1. The molecule has 2 rings (SSSR count). The summed E-state index contributed by atoms with van der Waals surface area (Å²) in [6, 6.07) is 4.32. The van der Waals surface area contributed by atoms with Gasteiger partial charge in [0.1, 0.15) is 11.6 Å². The summed E-state index contributed by atoms with van der Waals surface area (Å²) in [4.78, 5) is 4.06. The second-order valence-corrected chi connectivity index (χ2v) is 3.66. The minimum atomic E-state index is -0.336. The Morgan fingerprint density at radius 3 is 2.94 bits per heavy atom. The van der Waals surface area contributed by atoms with Crippen molar-refractivity contribution in [1.82, 2.24) is 10.1 Å². The van der Waals surface area contributed by atoms with Crippen molar-refractivity contribution in [3.8, 4) is 5.75 Å². The monoisotopic (exact) mass is 251 g/mol. The summed E-state index contributed by atoms with van der Waals surface area (Å²) in [5.74, 6) is 1.18. The first-order chi connectivity index (χ1) is 8.69. The number of ether oxygens (including phenoxy) is 1. The minimum absolute atomic E-state index is 0.336. The number of aromatic nitrogens is 2. The molecule has 1 aromatic heterocycles. The third-order valence-corrected chi connectivity index (χ3v) is 2.24. The van der Waals surface area contributed by atoms with E-state index < -0.39 is 0 Å². The third-order valence-electron chi connectivity index (χ3n) is 2.24. The van der Waals surface area contributed by atoms with Gasteiger partial charge in [0.25, 0.3) is 0 Å². The first-order valence-corrected chi connectivity index (χ1v) is 5.64. The molecule has 6 heteroatoms. The third kappa shape index (κ3) is 2.97. The van der Waals surface area contributed by atoms with Gasteiger partial charge < -0.3 is 14.6 Å². The Hall–Kier alpha value is -2.11. The Kier molecular flexibility index (Phi) is 3.76. The Morgan fingerprint density at radius 1 is 1.44 bits per heavy atom. The molecule has 0 aliphatic carbocycles. The summed E-state index contributed by atoms with van der Waals surface area (Å²) in [6.07, 6.45) is 0. The van der Waals surface area contributed by atoms with Gasteiger partial charge in [-0.25, -0.2) is 4.39 Å². The van der Waals surface area contributed by atoms with Crippen molar-refractivity contribution in [3.63, 3.8) is 0 Å². The number of anilines is 1. The zero-order valence-electron chi connectivity index (χ0n) is 10.2. The van der Waals surface area contributed by atoms with E-state index in [0.717, 1.165) is 0 Å². The molecule has 0 bridgehead atoms. The van der Waals surface area contributed by atoms with Crippen molar-refractivity contribution in [1.29, 1.82) is 0 Å². The average molecular weight is 251 g/mol. The van der Waals surface area contributed by atoms with Crippen molar-refractivity contribution in [2.24, 2.45) is 0 Å². The van der Waals surface area contributed by atoms with Crippen LogP contribution in [0.1, 0.15) is 18.6 Å². The molecule has 1 aromatic carbocycles. The van der Waals surface area contributed by atoms with Gasteiger partial charge in [-0.3, -0.25) is 0 Å². The van der Waals surface area contributed by atoms with Crippen LogP contribution >= 0.6 is 0 Å². The molecule has 0 amide bonds.